The number of aliphatic imine (C=N–C) groups is 1. The fourth-order valence-electron chi connectivity index (χ4n) is 2.11. The molecule has 3 nitrogen and oxygen atoms in total. The van der Waals surface area contributed by atoms with Crippen molar-refractivity contribution in [3.05, 3.63) is 22.8 Å². The zero-order valence-corrected chi connectivity index (χ0v) is 12.7. The molecule has 0 saturated carbocycles. The van der Waals surface area contributed by atoms with Gasteiger partial charge in [-0.05, 0) is 51.2 Å². The van der Waals surface area contributed by atoms with E-state index >= 15 is 0 Å². The third-order valence-corrected chi connectivity index (χ3v) is 3.45. The van der Waals surface area contributed by atoms with Crippen molar-refractivity contribution in [2.75, 3.05) is 6.54 Å². The van der Waals surface area contributed by atoms with Crippen molar-refractivity contribution in [2.24, 2.45) is 10.9 Å². The molecule has 0 radical (unpaired) electrons. The van der Waals surface area contributed by atoms with Crippen LogP contribution >= 0.6 is 0 Å². The molecule has 104 valence electrons. The number of nitrogens with zero attached hydrogens (tertiary/aromatic N) is 2. The van der Waals surface area contributed by atoms with E-state index in [1.54, 1.807) is 0 Å². The Balaban J connectivity index is 2.58. The van der Waals surface area contributed by atoms with Gasteiger partial charge in [-0.15, -0.1) is 0 Å². The summed E-state index contributed by atoms with van der Waals surface area (Å²) in [7, 11) is 0. The van der Waals surface area contributed by atoms with Gasteiger partial charge in [0.05, 0.1) is 23.5 Å². The maximum atomic E-state index is 9.02. The van der Waals surface area contributed by atoms with E-state index in [4.69, 9.17) is 5.26 Å². The second-order valence-electron chi connectivity index (χ2n) is 5.74. The SMILES string of the molecule is CC1=CC(C#N)=C(C)CC1NC(C)=NCCC(C)C. The molecule has 0 aromatic carbocycles. The highest BCUT2D eigenvalue weighted by Crippen LogP contribution is 2.23. The fraction of sp³-hybridized carbons (Fsp3) is 0.625. The summed E-state index contributed by atoms with van der Waals surface area (Å²) in [5.41, 5.74) is 3.17. The Morgan fingerprint density at radius 1 is 1.53 bits per heavy atom. The van der Waals surface area contributed by atoms with Gasteiger partial charge < -0.3 is 5.32 Å². The van der Waals surface area contributed by atoms with Crippen LogP contribution in [-0.2, 0) is 0 Å². The highest BCUT2D eigenvalue weighted by Gasteiger charge is 2.18. The topological polar surface area (TPSA) is 48.2 Å². The summed E-state index contributed by atoms with van der Waals surface area (Å²) >= 11 is 0. The van der Waals surface area contributed by atoms with Gasteiger partial charge in [-0.3, -0.25) is 4.99 Å². The number of hydrogen-bond donors (Lipinski definition) is 1. The molecule has 1 rings (SSSR count). The van der Waals surface area contributed by atoms with Crippen molar-refractivity contribution in [1.82, 2.24) is 5.32 Å². The molecule has 1 aliphatic carbocycles. The second-order valence-corrected chi connectivity index (χ2v) is 5.74. The summed E-state index contributed by atoms with van der Waals surface area (Å²) in [6.45, 7) is 11.4. The van der Waals surface area contributed by atoms with Crippen LogP contribution in [0.5, 0.6) is 0 Å². The third-order valence-electron chi connectivity index (χ3n) is 3.45. The zero-order chi connectivity index (χ0) is 14.4. The smallest absolute Gasteiger partial charge is 0.0991 e. The largest absolute Gasteiger partial charge is 0.367 e. The molecule has 1 atom stereocenters. The van der Waals surface area contributed by atoms with E-state index in [-0.39, 0.29) is 6.04 Å². The molecule has 0 aliphatic heterocycles. The third kappa shape index (κ3) is 4.90. The van der Waals surface area contributed by atoms with Crippen molar-refractivity contribution in [3.63, 3.8) is 0 Å². The van der Waals surface area contributed by atoms with Gasteiger partial charge in [0, 0.05) is 6.54 Å². The van der Waals surface area contributed by atoms with Crippen LogP contribution in [0.4, 0.5) is 0 Å². The minimum atomic E-state index is 0.278. The second kappa shape index (κ2) is 7.13. The quantitative estimate of drug-likeness (QED) is 0.619. The van der Waals surface area contributed by atoms with E-state index in [1.165, 1.54) is 5.57 Å². The van der Waals surface area contributed by atoms with E-state index in [2.05, 4.69) is 37.1 Å². The summed E-state index contributed by atoms with van der Waals surface area (Å²) in [4.78, 5) is 4.55. The molecule has 0 spiro atoms. The van der Waals surface area contributed by atoms with Gasteiger partial charge in [0.25, 0.3) is 0 Å². The van der Waals surface area contributed by atoms with Gasteiger partial charge in [-0.2, -0.15) is 5.26 Å². The zero-order valence-electron chi connectivity index (χ0n) is 12.7. The Labute approximate surface area is 117 Å². The lowest BCUT2D eigenvalue weighted by molar-refractivity contribution is 0.593. The van der Waals surface area contributed by atoms with Crippen molar-refractivity contribution in [2.45, 2.75) is 53.5 Å². The standard InChI is InChI=1S/C16H25N3/c1-11(2)6-7-18-14(5)19-16-9-12(3)15(10-17)8-13(16)4/h8,11,16H,6-7,9H2,1-5H3,(H,18,19). The van der Waals surface area contributed by atoms with Crippen molar-refractivity contribution in [1.29, 1.82) is 5.26 Å². The van der Waals surface area contributed by atoms with Crippen LogP contribution in [0, 0.1) is 17.2 Å². The van der Waals surface area contributed by atoms with Crippen LogP contribution in [-0.4, -0.2) is 18.4 Å². The lowest BCUT2D eigenvalue weighted by atomic mass is 9.90. The molecule has 1 aliphatic rings. The van der Waals surface area contributed by atoms with Crippen LogP contribution in [0.3, 0.4) is 0 Å². The Hall–Kier alpha value is -1.56. The highest BCUT2D eigenvalue weighted by molar-refractivity contribution is 5.80. The monoisotopic (exact) mass is 259 g/mol. The van der Waals surface area contributed by atoms with Gasteiger partial charge in [-0.1, -0.05) is 19.4 Å². The first-order chi connectivity index (χ1) is 8.93. The Morgan fingerprint density at radius 3 is 2.79 bits per heavy atom. The first-order valence-corrected chi connectivity index (χ1v) is 6.99. The normalized spacial score (nSPS) is 20.4. The number of hydrogen-bond acceptors (Lipinski definition) is 2. The van der Waals surface area contributed by atoms with Gasteiger partial charge in [0.15, 0.2) is 0 Å². The maximum absolute atomic E-state index is 9.02. The van der Waals surface area contributed by atoms with Crippen molar-refractivity contribution < 1.29 is 0 Å². The first-order valence-electron chi connectivity index (χ1n) is 6.99. The van der Waals surface area contributed by atoms with Crippen LogP contribution in [0.15, 0.2) is 27.8 Å². The number of nitrogens with one attached hydrogen (secondary N) is 1. The summed E-state index contributed by atoms with van der Waals surface area (Å²) in [6.07, 6.45) is 4.00. The number of rotatable bonds is 4. The van der Waals surface area contributed by atoms with E-state index in [0.29, 0.717) is 5.92 Å². The van der Waals surface area contributed by atoms with Crippen molar-refractivity contribution in [3.8, 4) is 6.07 Å². The predicted molar refractivity (Wildman–Crippen MR) is 81.0 cm³/mol. The Morgan fingerprint density at radius 2 is 2.21 bits per heavy atom. The molecule has 0 saturated heterocycles. The lowest BCUT2D eigenvalue weighted by Gasteiger charge is -2.25. The number of amidine groups is 1. The van der Waals surface area contributed by atoms with Crippen LogP contribution in [0.1, 0.15) is 47.5 Å². The van der Waals surface area contributed by atoms with E-state index in [0.717, 1.165) is 36.4 Å². The summed E-state index contributed by atoms with van der Waals surface area (Å²) in [5, 5.41) is 12.5. The van der Waals surface area contributed by atoms with Crippen LogP contribution < -0.4 is 5.32 Å². The summed E-state index contributed by atoms with van der Waals surface area (Å²) in [6, 6.07) is 2.53. The van der Waals surface area contributed by atoms with Gasteiger partial charge in [-0.25, -0.2) is 0 Å². The number of allylic oxidation sites excluding steroid dienone is 2. The van der Waals surface area contributed by atoms with Crippen LogP contribution in [0.25, 0.3) is 0 Å². The average Bonchev–Trinajstić information content (AvgIpc) is 2.32. The first kappa shape index (κ1) is 15.5. The molecular weight excluding hydrogens is 234 g/mol. The molecule has 1 unspecified atom stereocenters. The molecule has 3 heteroatoms. The molecule has 0 heterocycles. The minimum Gasteiger partial charge on any atom is -0.367 e. The lowest BCUT2D eigenvalue weighted by Crippen LogP contribution is -2.36. The molecule has 0 amide bonds. The Bertz CT molecular complexity index is 447. The van der Waals surface area contributed by atoms with Gasteiger partial charge in [0.2, 0.25) is 0 Å². The minimum absolute atomic E-state index is 0.278. The molecule has 1 N–H and O–H groups in total. The average molecular weight is 259 g/mol. The van der Waals surface area contributed by atoms with E-state index in [9.17, 15) is 0 Å². The molecule has 0 fully saturated rings. The predicted octanol–water partition coefficient (Wildman–Crippen LogP) is 3.60. The molecule has 0 bridgehead atoms. The maximum Gasteiger partial charge on any atom is 0.0991 e. The molecule has 0 aromatic rings. The highest BCUT2D eigenvalue weighted by atomic mass is 15.0. The fourth-order valence-corrected chi connectivity index (χ4v) is 2.11. The Kier molecular flexibility index (Phi) is 5.82. The van der Waals surface area contributed by atoms with Crippen molar-refractivity contribution >= 4 is 5.84 Å². The summed E-state index contributed by atoms with van der Waals surface area (Å²) in [5.74, 6) is 1.68. The van der Waals surface area contributed by atoms with E-state index in [1.807, 2.05) is 19.9 Å². The molecule has 19 heavy (non-hydrogen) atoms. The summed E-state index contributed by atoms with van der Waals surface area (Å²) < 4.78 is 0. The molecule has 0 aromatic heterocycles. The van der Waals surface area contributed by atoms with Gasteiger partial charge >= 0.3 is 0 Å². The number of nitriles is 1. The van der Waals surface area contributed by atoms with Gasteiger partial charge in [0.1, 0.15) is 0 Å². The molecular formula is C16H25N3. The van der Waals surface area contributed by atoms with Crippen LogP contribution in [0.2, 0.25) is 0 Å². The van der Waals surface area contributed by atoms with E-state index < -0.39 is 0 Å².